The summed E-state index contributed by atoms with van der Waals surface area (Å²) in [6.45, 7) is 0.336. The molecule has 2 heterocycles. The molecular weight excluding hydrogens is 492 g/mol. The monoisotopic (exact) mass is 512 g/mol. The predicted molar refractivity (Wildman–Crippen MR) is 137 cm³/mol. The minimum atomic E-state index is -0.342. The van der Waals surface area contributed by atoms with E-state index in [1.807, 2.05) is 12.1 Å². The Morgan fingerprint density at radius 2 is 1.85 bits per heavy atom. The van der Waals surface area contributed by atoms with Crippen LogP contribution in [-0.2, 0) is 6.54 Å². The van der Waals surface area contributed by atoms with E-state index < -0.39 is 0 Å². The highest BCUT2D eigenvalue weighted by atomic mass is 35.5. The average Bonchev–Trinajstić information content (AvgIpc) is 3.46. The highest BCUT2D eigenvalue weighted by molar-refractivity contribution is 7.73. The lowest BCUT2D eigenvalue weighted by molar-refractivity contribution is 0.0937. The number of nitrogens with one attached hydrogen (secondary N) is 3. The van der Waals surface area contributed by atoms with Crippen LogP contribution in [-0.4, -0.2) is 27.2 Å². The molecule has 4 aromatic rings. The number of thiazole rings is 1. The Morgan fingerprint density at radius 3 is 2.59 bits per heavy atom. The second-order valence-electron chi connectivity index (χ2n) is 8.33. The van der Waals surface area contributed by atoms with Crippen LogP contribution in [0.1, 0.15) is 51.3 Å². The molecule has 3 N–H and O–H groups in total. The third-order valence-electron chi connectivity index (χ3n) is 6.05. The number of fused-ring (bicyclic) bond motifs is 3. The molecule has 10 heteroatoms. The van der Waals surface area contributed by atoms with Crippen LogP contribution in [0.2, 0.25) is 5.02 Å². The summed E-state index contributed by atoms with van der Waals surface area (Å²) in [7, 11) is 0. The summed E-state index contributed by atoms with van der Waals surface area (Å²) in [6.07, 6.45) is 4.11. The minimum Gasteiger partial charge on any atom is -0.348 e. The molecule has 1 aliphatic carbocycles. The third-order valence-corrected chi connectivity index (χ3v) is 7.68. The molecule has 0 radical (unpaired) electrons. The average molecular weight is 513 g/mol. The van der Waals surface area contributed by atoms with E-state index in [-0.39, 0.29) is 23.4 Å². The zero-order valence-corrected chi connectivity index (χ0v) is 20.4. The largest absolute Gasteiger partial charge is 0.348 e. The Morgan fingerprint density at radius 1 is 1.12 bits per heavy atom. The molecule has 34 heavy (non-hydrogen) atoms. The molecule has 0 unspecified atom stereocenters. The second-order valence-corrected chi connectivity index (χ2v) is 10.4. The van der Waals surface area contributed by atoms with Gasteiger partial charge in [-0.3, -0.25) is 18.8 Å². The van der Waals surface area contributed by atoms with E-state index in [2.05, 4.69) is 15.6 Å². The molecule has 2 amide bonds. The topological polar surface area (TPSA) is 95.5 Å². The van der Waals surface area contributed by atoms with E-state index in [1.165, 1.54) is 0 Å². The van der Waals surface area contributed by atoms with Crippen molar-refractivity contribution in [1.29, 1.82) is 0 Å². The van der Waals surface area contributed by atoms with Crippen LogP contribution in [0.25, 0.3) is 16.6 Å². The number of halogens is 1. The van der Waals surface area contributed by atoms with Crippen LogP contribution in [0.15, 0.2) is 47.3 Å². The van der Waals surface area contributed by atoms with Gasteiger partial charge < -0.3 is 15.6 Å². The number of hydrogen-bond donors (Lipinski definition) is 3. The van der Waals surface area contributed by atoms with Crippen molar-refractivity contribution in [3.8, 4) is 0 Å². The van der Waals surface area contributed by atoms with Crippen molar-refractivity contribution in [2.75, 3.05) is 0 Å². The van der Waals surface area contributed by atoms with Crippen LogP contribution in [0, 0.1) is 3.95 Å². The first-order valence-electron chi connectivity index (χ1n) is 11.0. The van der Waals surface area contributed by atoms with Gasteiger partial charge in [0.15, 0.2) is 3.95 Å². The van der Waals surface area contributed by atoms with Gasteiger partial charge in [-0.25, -0.2) is 0 Å². The Balaban J connectivity index is 1.49. The molecular formula is C24H21ClN4O3S2. The highest BCUT2D eigenvalue weighted by Gasteiger charge is 2.23. The number of H-pyrrole nitrogens is 1. The van der Waals surface area contributed by atoms with E-state index >= 15 is 0 Å². The minimum absolute atomic E-state index is 0.145. The lowest BCUT2D eigenvalue weighted by Crippen LogP contribution is -2.32. The van der Waals surface area contributed by atoms with Gasteiger partial charge in [0.05, 0.1) is 10.9 Å². The Labute approximate surface area is 208 Å². The van der Waals surface area contributed by atoms with Gasteiger partial charge in [0.25, 0.3) is 17.4 Å². The maximum Gasteiger partial charge on any atom is 0.265 e. The Bertz CT molecular complexity index is 1530. The lowest BCUT2D eigenvalue weighted by Gasteiger charge is -2.11. The molecule has 1 aliphatic rings. The zero-order chi connectivity index (χ0) is 23.8. The smallest absolute Gasteiger partial charge is 0.265 e. The van der Waals surface area contributed by atoms with Gasteiger partial charge in [-0.1, -0.05) is 47.9 Å². The molecule has 2 aromatic carbocycles. The summed E-state index contributed by atoms with van der Waals surface area (Å²) < 4.78 is 2.09. The number of nitrogens with zero attached hydrogens (tertiary/aromatic N) is 1. The molecule has 0 atom stereocenters. The van der Waals surface area contributed by atoms with Crippen LogP contribution < -0.4 is 16.2 Å². The molecule has 0 aliphatic heterocycles. The summed E-state index contributed by atoms with van der Waals surface area (Å²) in [6, 6.07) is 12.2. The van der Waals surface area contributed by atoms with Crippen molar-refractivity contribution in [2.24, 2.45) is 0 Å². The molecule has 0 spiro atoms. The molecule has 174 valence electrons. The predicted octanol–water partition coefficient (Wildman–Crippen LogP) is 4.83. The van der Waals surface area contributed by atoms with Gasteiger partial charge in [-0.2, -0.15) is 0 Å². The maximum atomic E-state index is 12.9. The number of carbonyl (C=O) groups is 2. The van der Waals surface area contributed by atoms with Crippen molar-refractivity contribution in [3.05, 3.63) is 77.8 Å². The molecule has 0 saturated heterocycles. The summed E-state index contributed by atoms with van der Waals surface area (Å²) in [5.41, 5.74) is 1.79. The zero-order valence-electron chi connectivity index (χ0n) is 18.0. The summed E-state index contributed by atoms with van der Waals surface area (Å²) in [4.78, 5) is 41.7. The first kappa shape index (κ1) is 22.8. The molecule has 1 saturated carbocycles. The Hall–Kier alpha value is -3.01. The second kappa shape index (κ2) is 9.32. The van der Waals surface area contributed by atoms with Crippen molar-refractivity contribution >= 4 is 63.5 Å². The lowest BCUT2D eigenvalue weighted by atomic mass is 10.1. The SMILES string of the molecule is O=C(NCc1ccc(Cl)cc1)c1ccc2c(=O)[nH]c3c(C(=O)NC4CCCC4)sc(=S)n3c2c1. The maximum absolute atomic E-state index is 12.9. The van der Waals surface area contributed by atoms with Crippen molar-refractivity contribution in [3.63, 3.8) is 0 Å². The van der Waals surface area contributed by atoms with Gasteiger partial charge in [0.2, 0.25) is 0 Å². The van der Waals surface area contributed by atoms with Crippen molar-refractivity contribution in [1.82, 2.24) is 20.0 Å². The van der Waals surface area contributed by atoms with E-state index in [1.54, 1.807) is 34.7 Å². The van der Waals surface area contributed by atoms with Crippen molar-refractivity contribution < 1.29 is 9.59 Å². The van der Waals surface area contributed by atoms with Crippen LogP contribution in [0.4, 0.5) is 0 Å². The number of benzene rings is 2. The van der Waals surface area contributed by atoms with E-state index in [0.29, 0.717) is 42.5 Å². The molecule has 5 rings (SSSR count). The van der Waals surface area contributed by atoms with Gasteiger partial charge in [0, 0.05) is 23.2 Å². The number of aromatic nitrogens is 2. The summed E-state index contributed by atoms with van der Waals surface area (Å²) in [5.74, 6) is -0.524. The van der Waals surface area contributed by atoms with E-state index in [9.17, 15) is 14.4 Å². The van der Waals surface area contributed by atoms with Crippen LogP contribution in [0.3, 0.4) is 0 Å². The van der Waals surface area contributed by atoms with Crippen LogP contribution >= 0.6 is 35.2 Å². The van der Waals surface area contributed by atoms with Crippen LogP contribution in [0.5, 0.6) is 0 Å². The molecule has 0 bridgehead atoms. The molecule has 1 fully saturated rings. The quantitative estimate of drug-likeness (QED) is 0.334. The fraction of sp³-hybridized carbons (Fsp3) is 0.250. The number of rotatable bonds is 5. The summed E-state index contributed by atoms with van der Waals surface area (Å²) in [5, 5.41) is 6.94. The highest BCUT2D eigenvalue weighted by Crippen LogP contribution is 2.25. The van der Waals surface area contributed by atoms with Crippen molar-refractivity contribution in [2.45, 2.75) is 38.3 Å². The number of carbonyl (C=O) groups excluding carboxylic acids is 2. The molecule has 2 aromatic heterocycles. The first-order valence-corrected chi connectivity index (χ1v) is 12.6. The van der Waals surface area contributed by atoms with Gasteiger partial charge in [-0.15, -0.1) is 0 Å². The third kappa shape index (κ3) is 4.38. The molecule has 7 nitrogen and oxygen atoms in total. The van der Waals surface area contributed by atoms with E-state index in [0.717, 1.165) is 42.6 Å². The summed E-state index contributed by atoms with van der Waals surface area (Å²) >= 11 is 12.6. The number of aromatic amines is 1. The van der Waals surface area contributed by atoms with Gasteiger partial charge in [0.1, 0.15) is 10.5 Å². The standard InChI is InChI=1S/C24H21ClN4O3S2/c25-15-8-5-13(6-9-15)12-26-21(30)14-7-10-17-18(11-14)29-20(28-22(17)31)19(34-24(29)33)23(32)27-16-3-1-2-4-16/h5-11,16H,1-4,12H2,(H,26,30)(H,27,32)(H,28,31). The fourth-order valence-corrected chi connectivity index (χ4v) is 5.70. The first-order chi connectivity index (χ1) is 16.4. The fourth-order valence-electron chi connectivity index (χ4n) is 4.29. The van der Waals surface area contributed by atoms with Gasteiger partial charge in [-0.05, 0) is 61.0 Å². The van der Waals surface area contributed by atoms with Gasteiger partial charge >= 0.3 is 0 Å². The normalized spacial score (nSPS) is 14.0. The van der Waals surface area contributed by atoms with E-state index in [4.69, 9.17) is 23.8 Å². The number of amides is 2. The Kier molecular flexibility index (Phi) is 6.24. The number of hydrogen-bond acceptors (Lipinski definition) is 5.